The molecule has 0 bridgehead atoms. The van der Waals surface area contributed by atoms with Crippen LogP contribution in [0.25, 0.3) is 6.08 Å². The van der Waals surface area contributed by atoms with Crippen molar-refractivity contribution in [3.63, 3.8) is 0 Å². The lowest BCUT2D eigenvalue weighted by atomic mass is 10.1. The maximum atomic E-state index is 12.0. The molecule has 1 N–H and O–H groups in total. The summed E-state index contributed by atoms with van der Waals surface area (Å²) in [5, 5.41) is 2.86. The van der Waals surface area contributed by atoms with Gasteiger partial charge in [-0.2, -0.15) is 0 Å². The number of nitrogens with one attached hydrogen (secondary N) is 1. The molecule has 0 radical (unpaired) electrons. The average Bonchev–Trinajstić information content (AvgIpc) is 2.64. The Kier molecular flexibility index (Phi) is 6.46. The first-order valence-corrected chi connectivity index (χ1v) is 7.97. The molecule has 0 heterocycles. The molecule has 132 valence electrons. The highest BCUT2D eigenvalue weighted by atomic mass is 16.5. The van der Waals surface area contributed by atoms with Crippen LogP contribution >= 0.6 is 0 Å². The predicted octanol–water partition coefficient (Wildman–Crippen LogP) is 3.10. The van der Waals surface area contributed by atoms with Gasteiger partial charge in [-0.3, -0.25) is 4.79 Å². The van der Waals surface area contributed by atoms with Crippen LogP contribution in [0.3, 0.4) is 0 Å². The molecule has 2 rings (SSSR count). The molecule has 0 aliphatic heterocycles. The number of amides is 1. The highest BCUT2D eigenvalue weighted by Gasteiger charge is 2.06. The second kappa shape index (κ2) is 8.78. The topological polar surface area (TPSA) is 50.8 Å². The van der Waals surface area contributed by atoms with Gasteiger partial charge in [-0.15, -0.1) is 0 Å². The van der Waals surface area contributed by atoms with Crippen molar-refractivity contribution in [2.45, 2.75) is 6.54 Å². The predicted molar refractivity (Wildman–Crippen MR) is 101 cm³/mol. The molecule has 5 heteroatoms. The van der Waals surface area contributed by atoms with Crippen LogP contribution < -0.4 is 19.7 Å². The zero-order chi connectivity index (χ0) is 18.2. The minimum Gasteiger partial charge on any atom is -0.497 e. The van der Waals surface area contributed by atoms with E-state index in [2.05, 4.69) is 5.32 Å². The van der Waals surface area contributed by atoms with E-state index in [9.17, 15) is 4.79 Å². The van der Waals surface area contributed by atoms with E-state index in [1.807, 2.05) is 55.4 Å². The number of carbonyl (C=O) groups excluding carboxylic acids is 1. The van der Waals surface area contributed by atoms with Gasteiger partial charge < -0.3 is 19.7 Å². The molecule has 5 nitrogen and oxygen atoms in total. The number of anilines is 1. The Labute approximate surface area is 148 Å². The summed E-state index contributed by atoms with van der Waals surface area (Å²) >= 11 is 0. The first kappa shape index (κ1) is 18.4. The van der Waals surface area contributed by atoms with Crippen molar-refractivity contribution in [3.8, 4) is 11.5 Å². The second-order valence-electron chi connectivity index (χ2n) is 5.71. The van der Waals surface area contributed by atoms with Crippen LogP contribution in [0.15, 0.2) is 48.5 Å². The number of ether oxygens (including phenoxy) is 2. The smallest absolute Gasteiger partial charge is 0.244 e. The summed E-state index contributed by atoms with van der Waals surface area (Å²) in [6, 6.07) is 13.5. The van der Waals surface area contributed by atoms with Crippen LogP contribution in [0.1, 0.15) is 11.1 Å². The van der Waals surface area contributed by atoms with E-state index >= 15 is 0 Å². The van der Waals surface area contributed by atoms with Crippen LogP contribution in [-0.2, 0) is 11.3 Å². The van der Waals surface area contributed by atoms with Gasteiger partial charge in [0.1, 0.15) is 11.5 Å². The van der Waals surface area contributed by atoms with Gasteiger partial charge in [0.25, 0.3) is 0 Å². The molecular weight excluding hydrogens is 316 g/mol. The first-order valence-electron chi connectivity index (χ1n) is 7.97. The number of rotatable bonds is 7. The van der Waals surface area contributed by atoms with Crippen molar-refractivity contribution in [2.75, 3.05) is 33.2 Å². The zero-order valence-corrected chi connectivity index (χ0v) is 15.1. The summed E-state index contributed by atoms with van der Waals surface area (Å²) in [5.41, 5.74) is 2.98. The number of hydrogen-bond donors (Lipinski definition) is 1. The minimum absolute atomic E-state index is 0.158. The van der Waals surface area contributed by atoms with Gasteiger partial charge in [-0.25, -0.2) is 0 Å². The number of benzene rings is 2. The van der Waals surface area contributed by atoms with E-state index in [1.54, 1.807) is 26.4 Å². The summed E-state index contributed by atoms with van der Waals surface area (Å²) in [4.78, 5) is 14.0. The Hall–Kier alpha value is -2.95. The van der Waals surface area contributed by atoms with Gasteiger partial charge in [-0.1, -0.05) is 12.1 Å². The highest BCUT2D eigenvalue weighted by molar-refractivity contribution is 5.91. The Balaban J connectivity index is 1.94. The molecule has 0 spiro atoms. The van der Waals surface area contributed by atoms with E-state index in [4.69, 9.17) is 9.47 Å². The van der Waals surface area contributed by atoms with Crippen LogP contribution in [0, 0.1) is 0 Å². The van der Waals surface area contributed by atoms with E-state index < -0.39 is 0 Å². The number of methoxy groups -OCH3 is 2. The Bertz CT molecular complexity index is 737. The number of nitrogens with zero attached hydrogens (tertiary/aromatic N) is 1. The third kappa shape index (κ3) is 5.28. The fourth-order valence-electron chi connectivity index (χ4n) is 2.29. The molecule has 0 aromatic heterocycles. The van der Waals surface area contributed by atoms with Crippen molar-refractivity contribution >= 4 is 17.7 Å². The standard InChI is InChI=1S/C20H24N2O3/c1-22(2)17-9-5-15(6-10-17)7-12-20(23)21-14-16-8-11-18(24-3)13-19(16)25-4/h5-13H,14H2,1-4H3,(H,21,23)/b12-7+. The van der Waals surface area contributed by atoms with Gasteiger partial charge in [0.2, 0.25) is 5.91 Å². The van der Waals surface area contributed by atoms with E-state index in [0.717, 1.165) is 16.8 Å². The molecule has 0 atom stereocenters. The third-order valence-electron chi connectivity index (χ3n) is 3.78. The van der Waals surface area contributed by atoms with Crippen molar-refractivity contribution in [2.24, 2.45) is 0 Å². The van der Waals surface area contributed by atoms with Crippen molar-refractivity contribution in [3.05, 3.63) is 59.7 Å². The molecule has 1 amide bonds. The van der Waals surface area contributed by atoms with Crippen LogP contribution in [0.2, 0.25) is 0 Å². The lowest BCUT2D eigenvalue weighted by molar-refractivity contribution is -0.116. The molecule has 2 aromatic rings. The maximum Gasteiger partial charge on any atom is 0.244 e. The minimum atomic E-state index is -0.158. The van der Waals surface area contributed by atoms with Gasteiger partial charge in [0, 0.05) is 44.0 Å². The summed E-state index contributed by atoms with van der Waals surface area (Å²) in [6.07, 6.45) is 3.32. The number of carbonyl (C=O) groups is 1. The van der Waals surface area contributed by atoms with Gasteiger partial charge in [0.05, 0.1) is 14.2 Å². The van der Waals surface area contributed by atoms with Crippen LogP contribution in [0.4, 0.5) is 5.69 Å². The summed E-state index contributed by atoms with van der Waals surface area (Å²) in [7, 11) is 7.18. The molecule has 25 heavy (non-hydrogen) atoms. The molecule has 0 aliphatic rings. The van der Waals surface area contributed by atoms with E-state index in [-0.39, 0.29) is 5.91 Å². The third-order valence-corrected chi connectivity index (χ3v) is 3.78. The lowest BCUT2D eigenvalue weighted by Gasteiger charge is -2.11. The summed E-state index contributed by atoms with van der Waals surface area (Å²) in [5.74, 6) is 1.24. The SMILES string of the molecule is COc1ccc(CNC(=O)/C=C/c2ccc(N(C)C)cc2)c(OC)c1. The van der Waals surface area contributed by atoms with E-state index in [0.29, 0.717) is 18.0 Å². The molecule has 0 saturated heterocycles. The van der Waals surface area contributed by atoms with Gasteiger partial charge in [0.15, 0.2) is 0 Å². The molecule has 0 unspecified atom stereocenters. The monoisotopic (exact) mass is 340 g/mol. The molecular formula is C20H24N2O3. The molecule has 0 saturated carbocycles. The quantitative estimate of drug-likeness (QED) is 0.787. The first-order chi connectivity index (χ1) is 12.0. The normalized spacial score (nSPS) is 10.6. The molecule has 2 aromatic carbocycles. The maximum absolute atomic E-state index is 12.0. The fourth-order valence-corrected chi connectivity index (χ4v) is 2.29. The highest BCUT2D eigenvalue weighted by Crippen LogP contribution is 2.24. The van der Waals surface area contributed by atoms with Gasteiger partial charge >= 0.3 is 0 Å². The van der Waals surface area contributed by atoms with Crippen LogP contribution in [0.5, 0.6) is 11.5 Å². The lowest BCUT2D eigenvalue weighted by Crippen LogP contribution is -2.20. The van der Waals surface area contributed by atoms with Crippen molar-refractivity contribution in [1.82, 2.24) is 5.32 Å². The Morgan fingerprint density at radius 2 is 1.80 bits per heavy atom. The van der Waals surface area contributed by atoms with Crippen molar-refractivity contribution < 1.29 is 14.3 Å². The van der Waals surface area contributed by atoms with Gasteiger partial charge in [-0.05, 0) is 35.9 Å². The second-order valence-corrected chi connectivity index (χ2v) is 5.71. The Morgan fingerprint density at radius 3 is 2.40 bits per heavy atom. The average molecular weight is 340 g/mol. The van der Waals surface area contributed by atoms with E-state index in [1.165, 1.54) is 6.08 Å². The van der Waals surface area contributed by atoms with Crippen molar-refractivity contribution in [1.29, 1.82) is 0 Å². The Morgan fingerprint density at radius 1 is 1.08 bits per heavy atom. The summed E-state index contributed by atoms with van der Waals surface area (Å²) in [6.45, 7) is 0.385. The summed E-state index contributed by atoms with van der Waals surface area (Å²) < 4.78 is 10.5. The van der Waals surface area contributed by atoms with Crippen LogP contribution in [-0.4, -0.2) is 34.2 Å². The molecule has 0 fully saturated rings. The zero-order valence-electron chi connectivity index (χ0n) is 15.1. The largest absolute Gasteiger partial charge is 0.497 e. The fraction of sp³-hybridized carbons (Fsp3) is 0.250. The number of hydrogen-bond acceptors (Lipinski definition) is 4. The molecule has 0 aliphatic carbocycles.